The summed E-state index contributed by atoms with van der Waals surface area (Å²) >= 11 is 0. The van der Waals surface area contributed by atoms with Gasteiger partial charge in [0.1, 0.15) is 0 Å². The van der Waals surface area contributed by atoms with Crippen molar-refractivity contribution in [2.75, 3.05) is 0 Å². The molecule has 0 radical (unpaired) electrons. The average molecular weight is 216 g/mol. The average Bonchev–Trinajstić information content (AvgIpc) is 2.35. The molecule has 1 aromatic carbocycles. The predicted molar refractivity (Wildman–Crippen MR) is 64.4 cm³/mol. The van der Waals surface area contributed by atoms with Crippen molar-refractivity contribution >= 4 is 11.6 Å². The lowest BCUT2D eigenvalue weighted by Crippen LogP contribution is -1.99. The van der Waals surface area contributed by atoms with Gasteiger partial charge in [-0.3, -0.25) is 9.59 Å². The molecule has 0 fully saturated rings. The Hall–Kier alpha value is -1.70. The van der Waals surface area contributed by atoms with E-state index in [1.807, 2.05) is 30.3 Å². The third-order valence-corrected chi connectivity index (χ3v) is 2.40. The van der Waals surface area contributed by atoms with Crippen LogP contribution in [0.4, 0.5) is 0 Å². The van der Waals surface area contributed by atoms with Gasteiger partial charge in [-0.1, -0.05) is 36.9 Å². The van der Waals surface area contributed by atoms with E-state index < -0.39 is 0 Å². The zero-order chi connectivity index (χ0) is 11.8. The highest BCUT2D eigenvalue weighted by atomic mass is 16.1. The largest absolute Gasteiger partial charge is 0.295 e. The molecule has 0 atom stereocenters. The Morgan fingerprint density at radius 1 is 1.06 bits per heavy atom. The fourth-order valence-corrected chi connectivity index (χ4v) is 1.46. The van der Waals surface area contributed by atoms with Gasteiger partial charge in [-0.2, -0.15) is 0 Å². The lowest BCUT2D eigenvalue weighted by molar-refractivity contribution is -0.114. The van der Waals surface area contributed by atoms with E-state index in [9.17, 15) is 9.59 Å². The van der Waals surface area contributed by atoms with Crippen LogP contribution >= 0.6 is 0 Å². The quantitative estimate of drug-likeness (QED) is 0.398. The van der Waals surface area contributed by atoms with Gasteiger partial charge in [-0.05, 0) is 18.9 Å². The van der Waals surface area contributed by atoms with Crippen molar-refractivity contribution in [3.05, 3.63) is 48.6 Å². The van der Waals surface area contributed by atoms with E-state index in [0.29, 0.717) is 12.8 Å². The van der Waals surface area contributed by atoms with Gasteiger partial charge in [0.05, 0.1) is 0 Å². The van der Waals surface area contributed by atoms with Gasteiger partial charge in [-0.15, -0.1) is 0 Å². The van der Waals surface area contributed by atoms with E-state index in [1.54, 1.807) is 0 Å². The van der Waals surface area contributed by atoms with Crippen LogP contribution in [0.2, 0.25) is 0 Å². The van der Waals surface area contributed by atoms with Gasteiger partial charge in [0.25, 0.3) is 0 Å². The number of carbonyl (C=O) groups is 2. The Kier molecular flexibility index (Phi) is 5.20. The van der Waals surface area contributed by atoms with Crippen molar-refractivity contribution in [3.8, 4) is 0 Å². The molecule has 2 heteroatoms. The SMILES string of the molecule is C=CC(=O)CCCCC(=O)c1ccccc1. The summed E-state index contributed by atoms with van der Waals surface area (Å²) in [6, 6.07) is 9.23. The fourth-order valence-electron chi connectivity index (χ4n) is 1.46. The van der Waals surface area contributed by atoms with Crippen molar-refractivity contribution in [1.29, 1.82) is 0 Å². The molecule has 16 heavy (non-hydrogen) atoms. The molecule has 0 amide bonds. The second-order valence-electron chi connectivity index (χ2n) is 3.67. The van der Waals surface area contributed by atoms with E-state index >= 15 is 0 Å². The number of rotatable bonds is 7. The number of hydrogen-bond donors (Lipinski definition) is 0. The van der Waals surface area contributed by atoms with Gasteiger partial charge < -0.3 is 0 Å². The molecule has 0 spiro atoms. The molecule has 84 valence electrons. The number of ketones is 2. The number of unbranched alkanes of at least 4 members (excludes halogenated alkanes) is 1. The fraction of sp³-hybridized carbons (Fsp3) is 0.286. The molecule has 0 bridgehead atoms. The maximum Gasteiger partial charge on any atom is 0.162 e. The number of allylic oxidation sites excluding steroid dienone is 1. The van der Waals surface area contributed by atoms with Gasteiger partial charge in [-0.25, -0.2) is 0 Å². The van der Waals surface area contributed by atoms with Crippen LogP contribution in [0.5, 0.6) is 0 Å². The molecule has 0 heterocycles. The first-order valence-corrected chi connectivity index (χ1v) is 5.47. The molecule has 0 aromatic heterocycles. The van der Waals surface area contributed by atoms with Gasteiger partial charge >= 0.3 is 0 Å². The van der Waals surface area contributed by atoms with Crippen molar-refractivity contribution in [1.82, 2.24) is 0 Å². The zero-order valence-electron chi connectivity index (χ0n) is 9.32. The van der Waals surface area contributed by atoms with Crippen LogP contribution in [0, 0.1) is 0 Å². The first-order chi connectivity index (χ1) is 7.74. The van der Waals surface area contributed by atoms with Crippen LogP contribution in [0.15, 0.2) is 43.0 Å². The summed E-state index contributed by atoms with van der Waals surface area (Å²) in [6.07, 6.45) is 3.84. The van der Waals surface area contributed by atoms with Crippen LogP contribution in [0.25, 0.3) is 0 Å². The first kappa shape index (κ1) is 12.4. The molecule has 0 N–H and O–H groups in total. The molecule has 1 aromatic rings. The van der Waals surface area contributed by atoms with E-state index in [-0.39, 0.29) is 11.6 Å². The minimum atomic E-state index is 0.0483. The highest BCUT2D eigenvalue weighted by molar-refractivity contribution is 5.96. The van der Waals surface area contributed by atoms with Crippen molar-refractivity contribution < 1.29 is 9.59 Å². The Balaban J connectivity index is 2.26. The van der Waals surface area contributed by atoms with Crippen LogP contribution in [0.3, 0.4) is 0 Å². The van der Waals surface area contributed by atoms with Crippen LogP contribution in [-0.2, 0) is 4.79 Å². The van der Waals surface area contributed by atoms with Gasteiger partial charge in [0.15, 0.2) is 11.6 Å². The lowest BCUT2D eigenvalue weighted by atomic mass is 10.0. The highest BCUT2D eigenvalue weighted by Gasteiger charge is 2.04. The monoisotopic (exact) mass is 216 g/mol. The Bertz CT molecular complexity index is 366. The molecule has 0 saturated carbocycles. The van der Waals surface area contributed by atoms with Crippen LogP contribution in [0.1, 0.15) is 36.0 Å². The Morgan fingerprint density at radius 3 is 2.31 bits per heavy atom. The molecule has 0 unspecified atom stereocenters. The standard InChI is InChI=1S/C14H16O2/c1-2-13(15)10-6-7-11-14(16)12-8-4-3-5-9-12/h2-5,8-9H,1,6-7,10-11H2. The van der Waals surface area contributed by atoms with Crippen molar-refractivity contribution in [2.45, 2.75) is 25.7 Å². The molecule has 0 aliphatic heterocycles. The first-order valence-electron chi connectivity index (χ1n) is 5.47. The molecule has 0 aliphatic carbocycles. The maximum absolute atomic E-state index is 11.7. The van der Waals surface area contributed by atoms with Crippen molar-refractivity contribution in [3.63, 3.8) is 0 Å². The second kappa shape index (κ2) is 6.72. The Labute approximate surface area is 96.0 Å². The normalized spacial score (nSPS) is 9.75. The summed E-state index contributed by atoms with van der Waals surface area (Å²) in [7, 11) is 0. The Morgan fingerprint density at radius 2 is 1.69 bits per heavy atom. The summed E-state index contributed by atoms with van der Waals surface area (Å²) in [6.45, 7) is 3.41. The third-order valence-electron chi connectivity index (χ3n) is 2.40. The number of hydrogen-bond acceptors (Lipinski definition) is 2. The summed E-state index contributed by atoms with van der Waals surface area (Å²) < 4.78 is 0. The van der Waals surface area contributed by atoms with E-state index in [1.165, 1.54) is 6.08 Å². The van der Waals surface area contributed by atoms with E-state index in [4.69, 9.17) is 0 Å². The van der Waals surface area contributed by atoms with Crippen LogP contribution in [-0.4, -0.2) is 11.6 Å². The lowest BCUT2D eigenvalue weighted by Gasteiger charge is -2.00. The minimum absolute atomic E-state index is 0.0483. The number of benzene rings is 1. The summed E-state index contributed by atoms with van der Waals surface area (Å²) in [5.41, 5.74) is 0.748. The molecule has 0 saturated heterocycles. The molecular formula is C14H16O2. The summed E-state index contributed by atoms with van der Waals surface area (Å²) in [5, 5.41) is 0. The molecule has 1 rings (SSSR count). The smallest absolute Gasteiger partial charge is 0.162 e. The van der Waals surface area contributed by atoms with E-state index in [0.717, 1.165) is 18.4 Å². The second-order valence-corrected chi connectivity index (χ2v) is 3.67. The molecular weight excluding hydrogens is 200 g/mol. The van der Waals surface area contributed by atoms with E-state index in [2.05, 4.69) is 6.58 Å². The molecule has 0 aliphatic rings. The van der Waals surface area contributed by atoms with Gasteiger partial charge in [0, 0.05) is 18.4 Å². The summed E-state index contributed by atoms with van der Waals surface area (Å²) in [4.78, 5) is 22.6. The molecule has 2 nitrogen and oxygen atoms in total. The maximum atomic E-state index is 11.7. The third kappa shape index (κ3) is 4.22. The van der Waals surface area contributed by atoms with Crippen LogP contribution < -0.4 is 0 Å². The topological polar surface area (TPSA) is 34.1 Å². The predicted octanol–water partition coefficient (Wildman–Crippen LogP) is 3.18. The number of Topliss-reactive ketones (excluding diaryl/α,β-unsaturated/α-hetero) is 1. The highest BCUT2D eigenvalue weighted by Crippen LogP contribution is 2.08. The zero-order valence-corrected chi connectivity index (χ0v) is 9.32. The summed E-state index contributed by atoms with van der Waals surface area (Å²) in [5.74, 6) is 0.193. The minimum Gasteiger partial charge on any atom is -0.295 e. The van der Waals surface area contributed by atoms with Gasteiger partial charge in [0.2, 0.25) is 0 Å². The number of carbonyl (C=O) groups excluding carboxylic acids is 2. The van der Waals surface area contributed by atoms with Crippen molar-refractivity contribution in [2.24, 2.45) is 0 Å².